The van der Waals surface area contributed by atoms with Gasteiger partial charge >= 0.3 is 0 Å². The molecule has 4 rings (SSSR count). The smallest absolute Gasteiger partial charge is 0.268 e. The van der Waals surface area contributed by atoms with Crippen molar-refractivity contribution >= 4 is 45.3 Å². The molecule has 3 heterocycles. The van der Waals surface area contributed by atoms with E-state index in [0.717, 1.165) is 18.2 Å². The third-order valence-electron chi connectivity index (χ3n) is 4.79. The minimum atomic E-state index is -0.108. The molecule has 6 nitrogen and oxygen atoms in total. The van der Waals surface area contributed by atoms with Crippen LogP contribution >= 0.6 is 22.7 Å². The van der Waals surface area contributed by atoms with Crippen LogP contribution in [0.3, 0.4) is 0 Å². The lowest BCUT2D eigenvalue weighted by molar-refractivity contribution is 0.0747. The molecule has 1 aliphatic heterocycles. The molecule has 0 bridgehead atoms. The Morgan fingerprint density at radius 2 is 1.79 bits per heavy atom. The predicted molar refractivity (Wildman–Crippen MR) is 114 cm³/mol. The molecule has 1 fully saturated rings. The summed E-state index contributed by atoms with van der Waals surface area (Å²) in [5, 5.41) is 4.83. The monoisotopic (exact) mass is 412 g/mol. The lowest BCUT2D eigenvalue weighted by Gasteiger charge is -2.35. The van der Waals surface area contributed by atoms with Crippen LogP contribution in [0.5, 0.6) is 0 Å². The van der Waals surface area contributed by atoms with Crippen molar-refractivity contribution in [1.29, 1.82) is 0 Å². The first-order valence-electron chi connectivity index (χ1n) is 8.99. The van der Waals surface area contributed by atoms with Gasteiger partial charge in [0.05, 0.1) is 16.1 Å². The summed E-state index contributed by atoms with van der Waals surface area (Å²) < 4.78 is 0. The largest absolute Gasteiger partial charge is 0.345 e. The molecule has 0 atom stereocenters. The van der Waals surface area contributed by atoms with Gasteiger partial charge in [-0.1, -0.05) is 18.2 Å². The van der Waals surface area contributed by atoms with Crippen molar-refractivity contribution in [3.63, 3.8) is 0 Å². The van der Waals surface area contributed by atoms with Crippen LogP contribution in [0.25, 0.3) is 0 Å². The van der Waals surface area contributed by atoms with Gasteiger partial charge in [-0.25, -0.2) is 4.98 Å². The number of aromatic nitrogens is 1. The Kier molecular flexibility index (Phi) is 5.40. The summed E-state index contributed by atoms with van der Waals surface area (Å²) in [5.41, 5.74) is 1.19. The SMILES string of the molecule is CN(C(=O)c1cccs1)c1ccccc1C(=O)N1CCN(c2nccs2)CC1. The summed E-state index contributed by atoms with van der Waals surface area (Å²) in [4.78, 5) is 36.5. The van der Waals surface area contributed by atoms with Gasteiger partial charge < -0.3 is 14.7 Å². The third-order valence-corrected chi connectivity index (χ3v) is 6.48. The molecule has 0 radical (unpaired) electrons. The van der Waals surface area contributed by atoms with Crippen LogP contribution in [-0.2, 0) is 0 Å². The van der Waals surface area contributed by atoms with Crippen LogP contribution in [0.4, 0.5) is 10.8 Å². The number of carbonyl (C=O) groups is 2. The molecule has 28 heavy (non-hydrogen) atoms. The standard InChI is InChI=1S/C20H20N4O2S2/c1-22(19(26)17-7-4-13-27-17)16-6-3-2-5-15(16)18(25)23-9-11-24(12-10-23)20-21-8-14-28-20/h2-8,13-14H,9-12H2,1H3. The average molecular weight is 413 g/mol. The molecule has 8 heteroatoms. The van der Waals surface area contributed by atoms with E-state index in [-0.39, 0.29) is 11.8 Å². The normalized spacial score (nSPS) is 14.2. The van der Waals surface area contributed by atoms with E-state index >= 15 is 0 Å². The van der Waals surface area contributed by atoms with Gasteiger partial charge in [0.15, 0.2) is 5.13 Å². The number of rotatable bonds is 4. The third kappa shape index (κ3) is 3.65. The number of piperazine rings is 1. The fourth-order valence-corrected chi connectivity index (χ4v) is 4.66. The highest BCUT2D eigenvalue weighted by Gasteiger charge is 2.26. The van der Waals surface area contributed by atoms with Crippen molar-refractivity contribution in [2.75, 3.05) is 43.0 Å². The van der Waals surface area contributed by atoms with Gasteiger partial charge in [-0.2, -0.15) is 0 Å². The number of benzene rings is 1. The van der Waals surface area contributed by atoms with E-state index < -0.39 is 0 Å². The Morgan fingerprint density at radius 3 is 2.46 bits per heavy atom. The van der Waals surface area contributed by atoms with Gasteiger partial charge in [-0.3, -0.25) is 9.59 Å². The van der Waals surface area contributed by atoms with Crippen LogP contribution in [0.1, 0.15) is 20.0 Å². The first-order chi connectivity index (χ1) is 13.6. The number of anilines is 2. The fourth-order valence-electron chi connectivity index (χ4n) is 3.27. The van der Waals surface area contributed by atoms with E-state index in [1.807, 2.05) is 39.9 Å². The van der Waals surface area contributed by atoms with Crippen LogP contribution < -0.4 is 9.80 Å². The quantitative estimate of drug-likeness (QED) is 0.659. The summed E-state index contributed by atoms with van der Waals surface area (Å²) in [6.45, 7) is 2.78. The van der Waals surface area contributed by atoms with Crippen LogP contribution in [-0.4, -0.2) is 54.9 Å². The Hall–Kier alpha value is -2.71. The van der Waals surface area contributed by atoms with Gasteiger partial charge in [-0.15, -0.1) is 22.7 Å². The van der Waals surface area contributed by atoms with Crippen molar-refractivity contribution < 1.29 is 9.59 Å². The second kappa shape index (κ2) is 8.12. The summed E-state index contributed by atoms with van der Waals surface area (Å²) >= 11 is 3.01. The minimum absolute atomic E-state index is 0.0415. The lowest BCUT2D eigenvalue weighted by atomic mass is 10.1. The molecule has 1 aliphatic rings. The highest BCUT2D eigenvalue weighted by Crippen LogP contribution is 2.25. The predicted octanol–water partition coefficient (Wildman–Crippen LogP) is 3.44. The Labute approximate surface area is 171 Å². The maximum absolute atomic E-state index is 13.2. The number of thiophene rings is 1. The molecule has 1 aromatic carbocycles. The van der Waals surface area contributed by atoms with E-state index in [1.54, 1.807) is 41.6 Å². The number of hydrogen-bond acceptors (Lipinski definition) is 6. The summed E-state index contributed by atoms with van der Waals surface area (Å²) in [6.07, 6.45) is 1.80. The van der Waals surface area contributed by atoms with Crippen LogP contribution in [0.2, 0.25) is 0 Å². The zero-order chi connectivity index (χ0) is 19.5. The van der Waals surface area contributed by atoms with E-state index in [2.05, 4.69) is 9.88 Å². The second-order valence-corrected chi connectivity index (χ2v) is 8.27. The van der Waals surface area contributed by atoms with Gasteiger partial charge in [0.1, 0.15) is 0 Å². The van der Waals surface area contributed by atoms with Crippen molar-refractivity contribution in [1.82, 2.24) is 9.88 Å². The van der Waals surface area contributed by atoms with Crippen molar-refractivity contribution in [3.8, 4) is 0 Å². The van der Waals surface area contributed by atoms with Crippen molar-refractivity contribution in [2.24, 2.45) is 0 Å². The average Bonchev–Trinajstić information content (AvgIpc) is 3.46. The maximum atomic E-state index is 13.2. The van der Waals surface area contributed by atoms with E-state index in [9.17, 15) is 9.59 Å². The number of carbonyl (C=O) groups excluding carboxylic acids is 2. The van der Waals surface area contributed by atoms with Crippen molar-refractivity contribution in [3.05, 3.63) is 63.8 Å². The number of amides is 2. The summed E-state index contributed by atoms with van der Waals surface area (Å²) in [7, 11) is 1.72. The Bertz CT molecular complexity index is 949. The fraction of sp³-hybridized carbons (Fsp3) is 0.250. The highest BCUT2D eigenvalue weighted by atomic mass is 32.1. The topological polar surface area (TPSA) is 56.8 Å². The molecular formula is C20H20N4O2S2. The van der Waals surface area contributed by atoms with Gasteiger partial charge in [0.25, 0.3) is 11.8 Å². The van der Waals surface area contributed by atoms with Gasteiger partial charge in [-0.05, 0) is 23.6 Å². The Morgan fingerprint density at radius 1 is 1.00 bits per heavy atom. The lowest BCUT2D eigenvalue weighted by Crippen LogP contribution is -2.49. The van der Waals surface area contributed by atoms with E-state index in [1.165, 1.54) is 11.3 Å². The van der Waals surface area contributed by atoms with E-state index in [4.69, 9.17) is 0 Å². The summed E-state index contributed by atoms with van der Waals surface area (Å²) in [6, 6.07) is 11.0. The molecule has 0 spiro atoms. The number of nitrogens with zero attached hydrogens (tertiary/aromatic N) is 4. The maximum Gasteiger partial charge on any atom is 0.268 e. The van der Waals surface area contributed by atoms with Crippen molar-refractivity contribution in [2.45, 2.75) is 0 Å². The number of hydrogen-bond donors (Lipinski definition) is 0. The zero-order valence-corrected chi connectivity index (χ0v) is 17.1. The molecule has 0 saturated carbocycles. The van der Waals surface area contributed by atoms with Crippen LogP contribution in [0.15, 0.2) is 53.4 Å². The molecular weight excluding hydrogens is 392 g/mol. The van der Waals surface area contributed by atoms with Gasteiger partial charge in [0, 0.05) is 44.8 Å². The molecule has 1 saturated heterocycles. The van der Waals surface area contributed by atoms with Crippen LogP contribution in [0, 0.1) is 0 Å². The molecule has 2 amide bonds. The zero-order valence-electron chi connectivity index (χ0n) is 15.4. The molecule has 0 N–H and O–H groups in total. The second-order valence-electron chi connectivity index (χ2n) is 6.45. The minimum Gasteiger partial charge on any atom is -0.345 e. The van der Waals surface area contributed by atoms with Gasteiger partial charge in [0.2, 0.25) is 0 Å². The molecule has 0 unspecified atom stereocenters. The first kappa shape index (κ1) is 18.6. The number of thiazole rings is 1. The summed E-state index contributed by atoms with van der Waals surface area (Å²) in [5.74, 6) is -0.149. The Balaban J connectivity index is 1.50. The van der Waals surface area contributed by atoms with E-state index in [0.29, 0.717) is 29.2 Å². The molecule has 2 aromatic heterocycles. The first-order valence-corrected chi connectivity index (χ1v) is 10.8. The number of para-hydroxylation sites is 1. The molecule has 0 aliphatic carbocycles. The molecule has 144 valence electrons. The highest BCUT2D eigenvalue weighted by molar-refractivity contribution is 7.13. The molecule has 3 aromatic rings.